The van der Waals surface area contributed by atoms with E-state index in [0.717, 1.165) is 38.8 Å². The van der Waals surface area contributed by atoms with E-state index in [1.807, 2.05) is 29.2 Å². The number of hydrogen-bond acceptors (Lipinski definition) is 7. The number of nitro benzene ring substituents is 1. The summed E-state index contributed by atoms with van der Waals surface area (Å²) in [6.45, 7) is 3.16. The fourth-order valence-corrected chi connectivity index (χ4v) is 4.62. The second-order valence-corrected chi connectivity index (χ2v) is 8.73. The predicted octanol–water partition coefficient (Wildman–Crippen LogP) is 3.55. The van der Waals surface area contributed by atoms with Gasteiger partial charge in [-0.3, -0.25) is 14.9 Å². The minimum absolute atomic E-state index is 0.0443. The van der Waals surface area contributed by atoms with Crippen molar-refractivity contribution in [2.75, 3.05) is 43.0 Å². The lowest BCUT2D eigenvalue weighted by atomic mass is 9.92. The van der Waals surface area contributed by atoms with Crippen LogP contribution in [0.25, 0.3) is 0 Å². The average molecular weight is 464 g/mol. The number of rotatable bonds is 7. The van der Waals surface area contributed by atoms with Crippen molar-refractivity contribution >= 4 is 23.0 Å². The summed E-state index contributed by atoms with van der Waals surface area (Å²) >= 11 is 0. The summed E-state index contributed by atoms with van der Waals surface area (Å²) in [5.41, 5.74) is 1.76. The highest BCUT2D eigenvalue weighted by Crippen LogP contribution is 2.27. The van der Waals surface area contributed by atoms with Gasteiger partial charge in [0, 0.05) is 49.7 Å². The summed E-state index contributed by atoms with van der Waals surface area (Å²) in [6.07, 6.45) is 3.47. The van der Waals surface area contributed by atoms with Gasteiger partial charge in [-0.25, -0.2) is 0 Å². The number of carbonyl (C=O) groups is 1. The van der Waals surface area contributed by atoms with E-state index >= 15 is 0 Å². The third-order valence-corrected chi connectivity index (χ3v) is 6.55. The number of amides is 1. The summed E-state index contributed by atoms with van der Waals surface area (Å²) < 4.78 is 5.94. The lowest BCUT2D eigenvalue weighted by molar-refractivity contribution is -0.385. The number of piperazine rings is 1. The monoisotopic (exact) mass is 463 g/mol. The van der Waals surface area contributed by atoms with Gasteiger partial charge in [0.15, 0.2) is 0 Å². The molecule has 0 aromatic heterocycles. The van der Waals surface area contributed by atoms with Gasteiger partial charge >= 0.3 is 0 Å². The molecule has 1 saturated carbocycles. The fraction of sp³-hybridized carbons (Fsp3) is 0.440. The molecule has 9 heteroatoms. The molecule has 0 atom stereocenters. The van der Waals surface area contributed by atoms with E-state index in [1.165, 1.54) is 17.8 Å². The third-order valence-electron chi connectivity index (χ3n) is 6.55. The molecule has 2 aliphatic rings. The zero-order chi connectivity index (χ0) is 23.9. The minimum Gasteiger partial charge on any atom is -0.382 e. The standard InChI is InChI=1S/C25H29N5O4/c26-17-19-16-21(8-11-24(19)30(32)33)27-20-6-9-23(10-7-20)34-18-25(31)29-14-12-28(13-15-29)22-4-2-1-3-5-22/h1-5,8,11,16,20,23,27H,6-7,9-10,12-15,18H2. The van der Waals surface area contributed by atoms with Crippen molar-refractivity contribution in [2.45, 2.75) is 37.8 Å². The number of ether oxygens (including phenoxy) is 1. The van der Waals surface area contributed by atoms with Crippen molar-refractivity contribution in [2.24, 2.45) is 0 Å². The molecule has 0 unspecified atom stereocenters. The Balaban J connectivity index is 1.17. The molecule has 178 valence electrons. The number of nitrogens with one attached hydrogen (secondary N) is 1. The maximum absolute atomic E-state index is 12.6. The zero-order valence-electron chi connectivity index (χ0n) is 19.1. The Bertz CT molecular complexity index is 1040. The lowest BCUT2D eigenvalue weighted by Crippen LogP contribution is -2.50. The summed E-state index contributed by atoms with van der Waals surface area (Å²) in [5.74, 6) is 0.0443. The molecule has 2 aromatic rings. The van der Waals surface area contributed by atoms with Gasteiger partial charge in [0.25, 0.3) is 5.69 Å². The van der Waals surface area contributed by atoms with Gasteiger partial charge in [0.05, 0.1) is 11.0 Å². The van der Waals surface area contributed by atoms with E-state index in [1.54, 1.807) is 6.07 Å². The van der Waals surface area contributed by atoms with E-state index in [9.17, 15) is 14.9 Å². The van der Waals surface area contributed by atoms with Crippen LogP contribution in [0, 0.1) is 21.4 Å². The van der Waals surface area contributed by atoms with E-state index in [4.69, 9.17) is 10.00 Å². The van der Waals surface area contributed by atoms with E-state index in [-0.39, 0.29) is 35.9 Å². The molecule has 2 fully saturated rings. The Morgan fingerprint density at radius 3 is 2.44 bits per heavy atom. The van der Waals surface area contributed by atoms with E-state index in [2.05, 4.69) is 22.3 Å². The molecule has 0 bridgehead atoms. The molecule has 34 heavy (non-hydrogen) atoms. The normalized spacial score (nSPS) is 20.4. The smallest absolute Gasteiger partial charge is 0.287 e. The van der Waals surface area contributed by atoms with E-state index < -0.39 is 4.92 Å². The van der Waals surface area contributed by atoms with Gasteiger partial charge in [-0.2, -0.15) is 5.26 Å². The molecule has 1 saturated heterocycles. The van der Waals surface area contributed by atoms with Crippen LogP contribution in [0.3, 0.4) is 0 Å². The van der Waals surface area contributed by atoms with Crippen LogP contribution in [0.4, 0.5) is 17.1 Å². The van der Waals surface area contributed by atoms with Crippen LogP contribution in [-0.4, -0.2) is 60.7 Å². The zero-order valence-corrected chi connectivity index (χ0v) is 19.1. The number of hydrogen-bond donors (Lipinski definition) is 1. The Morgan fingerprint density at radius 1 is 1.09 bits per heavy atom. The summed E-state index contributed by atoms with van der Waals surface area (Å²) in [5, 5.41) is 23.5. The Hall–Kier alpha value is -3.64. The Labute approximate surface area is 199 Å². The molecule has 0 radical (unpaired) electrons. The lowest BCUT2D eigenvalue weighted by Gasteiger charge is -2.36. The maximum atomic E-state index is 12.6. The van der Waals surface area contributed by atoms with Crippen molar-refractivity contribution in [1.29, 1.82) is 5.26 Å². The van der Waals surface area contributed by atoms with Crippen LogP contribution >= 0.6 is 0 Å². The number of nitrogens with zero attached hydrogens (tertiary/aromatic N) is 4. The number of para-hydroxylation sites is 1. The Kier molecular flexibility index (Phi) is 7.60. The molecular formula is C25H29N5O4. The van der Waals surface area contributed by atoms with Crippen molar-refractivity contribution < 1.29 is 14.5 Å². The molecule has 2 aromatic carbocycles. The first-order valence-corrected chi connectivity index (χ1v) is 11.7. The van der Waals surface area contributed by atoms with Gasteiger partial charge in [-0.1, -0.05) is 18.2 Å². The van der Waals surface area contributed by atoms with Gasteiger partial charge in [0.1, 0.15) is 18.2 Å². The topological polar surface area (TPSA) is 112 Å². The first kappa shape index (κ1) is 23.5. The van der Waals surface area contributed by atoms with Crippen molar-refractivity contribution in [1.82, 2.24) is 4.90 Å². The first-order chi connectivity index (χ1) is 16.5. The van der Waals surface area contributed by atoms with Gasteiger partial charge in [0.2, 0.25) is 5.91 Å². The van der Waals surface area contributed by atoms with Crippen LogP contribution in [0.5, 0.6) is 0 Å². The summed E-state index contributed by atoms with van der Waals surface area (Å²) in [4.78, 5) is 27.2. The van der Waals surface area contributed by atoms with Crippen molar-refractivity contribution in [3.63, 3.8) is 0 Å². The SMILES string of the molecule is N#Cc1cc(NC2CCC(OCC(=O)N3CCN(c4ccccc4)CC3)CC2)ccc1[N+](=O)[O-]. The minimum atomic E-state index is -0.546. The largest absolute Gasteiger partial charge is 0.382 e. The van der Waals surface area contributed by atoms with Crippen LogP contribution in [0.2, 0.25) is 0 Å². The number of nitriles is 1. The van der Waals surface area contributed by atoms with Gasteiger partial charge in [-0.15, -0.1) is 0 Å². The number of nitro groups is 1. The average Bonchev–Trinajstić information content (AvgIpc) is 2.88. The fourth-order valence-electron chi connectivity index (χ4n) is 4.62. The molecule has 1 aliphatic carbocycles. The number of carbonyl (C=O) groups excluding carboxylic acids is 1. The van der Waals surface area contributed by atoms with Crippen LogP contribution in [0.15, 0.2) is 48.5 Å². The molecular weight excluding hydrogens is 434 g/mol. The summed E-state index contributed by atoms with van der Waals surface area (Å²) in [7, 11) is 0. The molecule has 9 nitrogen and oxygen atoms in total. The molecule has 1 amide bonds. The molecule has 0 spiro atoms. The second kappa shape index (κ2) is 11.0. The highest BCUT2D eigenvalue weighted by atomic mass is 16.6. The highest BCUT2D eigenvalue weighted by Gasteiger charge is 2.25. The molecule has 1 heterocycles. The third kappa shape index (κ3) is 5.83. The van der Waals surface area contributed by atoms with E-state index in [0.29, 0.717) is 18.8 Å². The van der Waals surface area contributed by atoms with Crippen LogP contribution in [0.1, 0.15) is 31.2 Å². The van der Waals surface area contributed by atoms with Crippen LogP contribution < -0.4 is 10.2 Å². The van der Waals surface area contributed by atoms with Crippen molar-refractivity contribution in [3.05, 3.63) is 64.2 Å². The van der Waals surface area contributed by atoms with Gasteiger partial charge in [-0.05, 0) is 49.9 Å². The van der Waals surface area contributed by atoms with Crippen molar-refractivity contribution in [3.8, 4) is 6.07 Å². The first-order valence-electron chi connectivity index (χ1n) is 11.7. The quantitative estimate of drug-likeness (QED) is 0.494. The van der Waals surface area contributed by atoms with Crippen LogP contribution in [-0.2, 0) is 9.53 Å². The van der Waals surface area contributed by atoms with Gasteiger partial charge < -0.3 is 19.9 Å². The summed E-state index contributed by atoms with van der Waals surface area (Å²) in [6, 6.07) is 16.9. The number of anilines is 2. The molecule has 4 rings (SSSR count). The Morgan fingerprint density at radius 2 is 1.79 bits per heavy atom. The predicted molar refractivity (Wildman–Crippen MR) is 129 cm³/mol. The second-order valence-electron chi connectivity index (χ2n) is 8.73. The molecule has 1 aliphatic heterocycles. The maximum Gasteiger partial charge on any atom is 0.287 e. The molecule has 1 N–H and O–H groups in total. The highest BCUT2D eigenvalue weighted by molar-refractivity contribution is 5.77. The number of benzene rings is 2.